The van der Waals surface area contributed by atoms with Gasteiger partial charge in [0, 0.05) is 29.7 Å². The number of nitrogens with zero attached hydrogens (tertiary/aromatic N) is 1. The van der Waals surface area contributed by atoms with Crippen molar-refractivity contribution in [3.8, 4) is 5.75 Å². The highest BCUT2D eigenvalue weighted by Crippen LogP contribution is 2.26. The van der Waals surface area contributed by atoms with E-state index in [1.807, 2.05) is 32.3 Å². The van der Waals surface area contributed by atoms with Gasteiger partial charge in [0.05, 0.1) is 0 Å². The minimum absolute atomic E-state index is 0.178. The van der Waals surface area contributed by atoms with Crippen LogP contribution in [0.4, 0.5) is 0 Å². The van der Waals surface area contributed by atoms with Gasteiger partial charge in [-0.1, -0.05) is 48.0 Å². The Hall–Kier alpha value is -1.55. The molecule has 0 saturated carbocycles. The lowest BCUT2D eigenvalue weighted by Crippen LogP contribution is -2.31. The van der Waals surface area contributed by atoms with Crippen molar-refractivity contribution in [1.82, 2.24) is 10.2 Å². The Labute approximate surface area is 131 Å². The van der Waals surface area contributed by atoms with Crippen molar-refractivity contribution < 1.29 is 5.11 Å². The number of phenolic OH excluding ortho intramolecular Hbond substituents is 1. The third-order valence-electron chi connectivity index (χ3n) is 3.37. The number of hydrogen-bond donors (Lipinski definition) is 2. The molecule has 2 rings (SSSR count). The second-order valence-corrected chi connectivity index (χ2v) is 5.75. The molecule has 0 aliphatic rings. The number of likely N-dealkylation sites (N-methyl/N-ethyl adjacent to an activating group) is 1. The van der Waals surface area contributed by atoms with Gasteiger partial charge in [-0.05, 0) is 31.8 Å². The second kappa shape index (κ2) is 7.46. The summed E-state index contributed by atoms with van der Waals surface area (Å²) < 4.78 is 0. The quantitative estimate of drug-likeness (QED) is 0.858. The van der Waals surface area contributed by atoms with E-state index in [0.717, 1.165) is 12.1 Å². The highest BCUT2D eigenvalue weighted by Gasteiger charge is 2.14. The average Bonchev–Trinajstić information content (AvgIpc) is 2.46. The van der Waals surface area contributed by atoms with Crippen molar-refractivity contribution in [2.24, 2.45) is 0 Å². The Morgan fingerprint density at radius 3 is 2.43 bits per heavy atom. The Bertz CT molecular complexity index is 552. The van der Waals surface area contributed by atoms with Gasteiger partial charge in [-0.2, -0.15) is 0 Å². The maximum absolute atomic E-state index is 9.92. The summed E-state index contributed by atoms with van der Waals surface area (Å²) in [5.41, 5.74) is 1.96. The fourth-order valence-corrected chi connectivity index (χ4v) is 2.52. The van der Waals surface area contributed by atoms with E-state index in [2.05, 4.69) is 22.3 Å². The minimum atomic E-state index is 0.178. The predicted octanol–water partition coefficient (Wildman–Crippen LogP) is 3.44. The number of hydrogen-bond acceptors (Lipinski definition) is 3. The topological polar surface area (TPSA) is 35.5 Å². The number of nitrogens with one attached hydrogen (secondary N) is 1. The summed E-state index contributed by atoms with van der Waals surface area (Å²) in [4.78, 5) is 2.14. The molecule has 0 aliphatic heterocycles. The highest BCUT2D eigenvalue weighted by molar-refractivity contribution is 6.31. The molecule has 0 bridgehead atoms. The van der Waals surface area contributed by atoms with Gasteiger partial charge in [0.1, 0.15) is 5.75 Å². The van der Waals surface area contributed by atoms with Gasteiger partial charge in [0.15, 0.2) is 0 Å². The van der Waals surface area contributed by atoms with Crippen LogP contribution >= 0.6 is 11.6 Å². The summed E-state index contributed by atoms with van der Waals surface area (Å²) in [6.07, 6.45) is 0. The summed E-state index contributed by atoms with van der Waals surface area (Å²) in [6.45, 7) is 1.40. The molecule has 0 spiro atoms. The van der Waals surface area contributed by atoms with Gasteiger partial charge in [0.25, 0.3) is 0 Å². The molecule has 1 unspecified atom stereocenters. The molecule has 21 heavy (non-hydrogen) atoms. The van der Waals surface area contributed by atoms with Crippen LogP contribution in [0.5, 0.6) is 5.75 Å². The summed E-state index contributed by atoms with van der Waals surface area (Å²) in [5.74, 6) is 0.228. The van der Waals surface area contributed by atoms with E-state index in [0.29, 0.717) is 11.6 Å². The van der Waals surface area contributed by atoms with Gasteiger partial charge in [-0.25, -0.2) is 0 Å². The van der Waals surface area contributed by atoms with Crippen LogP contribution in [0.3, 0.4) is 0 Å². The normalized spacial score (nSPS) is 12.6. The molecule has 2 aromatic carbocycles. The first-order valence-corrected chi connectivity index (χ1v) is 7.35. The highest BCUT2D eigenvalue weighted by atomic mass is 35.5. The lowest BCUT2D eigenvalue weighted by atomic mass is 10.1. The van der Waals surface area contributed by atoms with Crippen LogP contribution in [0.25, 0.3) is 0 Å². The molecule has 0 saturated heterocycles. The van der Waals surface area contributed by atoms with E-state index in [1.165, 1.54) is 5.56 Å². The zero-order valence-corrected chi connectivity index (χ0v) is 13.1. The maximum atomic E-state index is 9.92. The second-order valence-electron chi connectivity index (χ2n) is 5.34. The van der Waals surface area contributed by atoms with Crippen molar-refractivity contribution in [2.45, 2.75) is 12.6 Å². The van der Waals surface area contributed by atoms with Crippen LogP contribution in [-0.4, -0.2) is 30.6 Å². The SMILES string of the molecule is CN(C)CC(NCc1c(O)cccc1Cl)c1ccccc1. The van der Waals surface area contributed by atoms with Crippen LogP contribution < -0.4 is 5.32 Å². The first-order chi connectivity index (χ1) is 10.1. The molecular formula is C17H21ClN2O. The lowest BCUT2D eigenvalue weighted by molar-refractivity contribution is 0.339. The van der Waals surface area contributed by atoms with E-state index in [-0.39, 0.29) is 11.8 Å². The van der Waals surface area contributed by atoms with Crippen molar-refractivity contribution >= 4 is 11.6 Å². The van der Waals surface area contributed by atoms with E-state index >= 15 is 0 Å². The van der Waals surface area contributed by atoms with Gasteiger partial charge < -0.3 is 15.3 Å². The third kappa shape index (κ3) is 4.46. The first-order valence-electron chi connectivity index (χ1n) is 6.97. The average molecular weight is 305 g/mol. The Kier molecular flexibility index (Phi) is 5.62. The molecule has 3 nitrogen and oxygen atoms in total. The van der Waals surface area contributed by atoms with Gasteiger partial charge >= 0.3 is 0 Å². The fraction of sp³-hybridized carbons (Fsp3) is 0.294. The lowest BCUT2D eigenvalue weighted by Gasteiger charge is -2.23. The minimum Gasteiger partial charge on any atom is -0.508 e. The van der Waals surface area contributed by atoms with Crippen LogP contribution in [0.1, 0.15) is 17.2 Å². The molecule has 112 valence electrons. The smallest absolute Gasteiger partial charge is 0.121 e. The molecule has 0 fully saturated rings. The van der Waals surface area contributed by atoms with Crippen molar-refractivity contribution in [3.05, 3.63) is 64.7 Å². The molecule has 1 atom stereocenters. The zero-order chi connectivity index (χ0) is 15.2. The van der Waals surface area contributed by atoms with Crippen molar-refractivity contribution in [3.63, 3.8) is 0 Å². The van der Waals surface area contributed by atoms with Crippen LogP contribution in [0.2, 0.25) is 5.02 Å². The summed E-state index contributed by atoms with van der Waals surface area (Å²) in [5, 5.41) is 14.0. The van der Waals surface area contributed by atoms with Gasteiger partial charge in [-0.3, -0.25) is 0 Å². The van der Waals surface area contributed by atoms with E-state index in [4.69, 9.17) is 11.6 Å². The predicted molar refractivity (Wildman–Crippen MR) is 87.7 cm³/mol. The number of phenols is 1. The van der Waals surface area contributed by atoms with E-state index in [1.54, 1.807) is 18.2 Å². The number of aromatic hydroxyl groups is 1. The van der Waals surface area contributed by atoms with E-state index in [9.17, 15) is 5.11 Å². The van der Waals surface area contributed by atoms with Gasteiger partial charge in [-0.15, -0.1) is 0 Å². The Balaban J connectivity index is 2.13. The fourth-order valence-electron chi connectivity index (χ4n) is 2.29. The summed E-state index contributed by atoms with van der Waals surface area (Å²) >= 11 is 6.15. The first kappa shape index (κ1) is 15.8. The zero-order valence-electron chi connectivity index (χ0n) is 12.4. The molecule has 2 N–H and O–H groups in total. The Morgan fingerprint density at radius 1 is 1.10 bits per heavy atom. The third-order valence-corrected chi connectivity index (χ3v) is 3.72. The molecule has 0 radical (unpaired) electrons. The number of benzene rings is 2. The standard InChI is InChI=1S/C17H21ClN2O/c1-20(2)12-16(13-7-4-3-5-8-13)19-11-14-15(18)9-6-10-17(14)21/h3-10,16,19,21H,11-12H2,1-2H3. The maximum Gasteiger partial charge on any atom is 0.121 e. The molecule has 0 aliphatic carbocycles. The van der Waals surface area contributed by atoms with Crippen molar-refractivity contribution in [2.75, 3.05) is 20.6 Å². The summed E-state index contributed by atoms with van der Waals surface area (Å²) in [7, 11) is 4.09. The number of rotatable bonds is 6. The van der Waals surface area contributed by atoms with Crippen molar-refractivity contribution in [1.29, 1.82) is 0 Å². The molecule has 0 amide bonds. The molecular weight excluding hydrogens is 284 g/mol. The summed E-state index contributed by atoms with van der Waals surface area (Å²) in [6, 6.07) is 15.7. The molecule has 4 heteroatoms. The van der Waals surface area contributed by atoms with Crippen LogP contribution in [0, 0.1) is 0 Å². The molecule has 0 aromatic heterocycles. The van der Waals surface area contributed by atoms with Crippen LogP contribution in [0.15, 0.2) is 48.5 Å². The van der Waals surface area contributed by atoms with Crippen LogP contribution in [-0.2, 0) is 6.54 Å². The molecule has 0 heterocycles. The monoisotopic (exact) mass is 304 g/mol. The number of halogens is 1. The largest absolute Gasteiger partial charge is 0.508 e. The van der Waals surface area contributed by atoms with E-state index < -0.39 is 0 Å². The van der Waals surface area contributed by atoms with Gasteiger partial charge in [0.2, 0.25) is 0 Å². The Morgan fingerprint density at radius 2 is 1.81 bits per heavy atom. The molecule has 2 aromatic rings.